The molecule has 2 aromatic carbocycles. The van der Waals surface area contributed by atoms with Crippen LogP contribution in [0.5, 0.6) is 0 Å². The summed E-state index contributed by atoms with van der Waals surface area (Å²) < 4.78 is 4.09. The van der Waals surface area contributed by atoms with Crippen molar-refractivity contribution in [2.75, 3.05) is 6.54 Å². The normalized spacial score (nSPS) is 11.5. The van der Waals surface area contributed by atoms with Gasteiger partial charge in [0.15, 0.2) is 0 Å². The minimum atomic E-state index is -0.377. The lowest BCUT2D eigenvalue weighted by Gasteiger charge is -2.12. The summed E-state index contributed by atoms with van der Waals surface area (Å²) in [6.07, 6.45) is 0. The fraction of sp³-hybridized carbons (Fsp3) is 0.304. The van der Waals surface area contributed by atoms with Gasteiger partial charge in [-0.05, 0) is 36.6 Å². The van der Waals surface area contributed by atoms with Gasteiger partial charge in [0, 0.05) is 19.2 Å². The number of nitrogens with one attached hydrogen (secondary N) is 1. The Bertz CT molecular complexity index is 1410. The topological polar surface area (TPSA) is 90.4 Å². The first-order valence-electron chi connectivity index (χ1n) is 10.2. The molecule has 0 aliphatic carbocycles. The van der Waals surface area contributed by atoms with Gasteiger partial charge < -0.3 is 5.32 Å². The quantitative estimate of drug-likeness (QED) is 0.536. The zero-order chi connectivity index (χ0) is 22.3. The highest BCUT2D eigenvalue weighted by Crippen LogP contribution is 2.15. The number of carbonyl (C=O) groups excluding carboxylic acids is 1. The zero-order valence-electron chi connectivity index (χ0n) is 18.0. The van der Waals surface area contributed by atoms with E-state index in [-0.39, 0.29) is 29.5 Å². The summed E-state index contributed by atoms with van der Waals surface area (Å²) in [5.41, 5.74) is 2.17. The van der Waals surface area contributed by atoms with Gasteiger partial charge in [-0.2, -0.15) is 0 Å². The summed E-state index contributed by atoms with van der Waals surface area (Å²) in [5, 5.41) is 7.52. The van der Waals surface area contributed by atoms with E-state index in [1.54, 1.807) is 25.2 Å². The van der Waals surface area contributed by atoms with Gasteiger partial charge in [0.2, 0.25) is 5.78 Å². The first-order chi connectivity index (χ1) is 14.8. The molecule has 4 aromatic rings. The zero-order valence-corrected chi connectivity index (χ0v) is 18.0. The smallest absolute Gasteiger partial charge is 0.351 e. The van der Waals surface area contributed by atoms with E-state index in [4.69, 9.17) is 0 Å². The van der Waals surface area contributed by atoms with Gasteiger partial charge in [-0.15, -0.1) is 5.10 Å². The molecule has 0 radical (unpaired) electrons. The first kappa shape index (κ1) is 20.6. The molecule has 0 unspecified atom stereocenters. The molecule has 0 saturated carbocycles. The van der Waals surface area contributed by atoms with Crippen molar-refractivity contribution in [2.24, 2.45) is 13.0 Å². The molecule has 2 heterocycles. The van der Waals surface area contributed by atoms with Crippen molar-refractivity contribution >= 4 is 22.6 Å². The predicted molar refractivity (Wildman–Crippen MR) is 120 cm³/mol. The van der Waals surface area contributed by atoms with Gasteiger partial charge >= 0.3 is 5.69 Å². The van der Waals surface area contributed by atoms with E-state index in [1.165, 1.54) is 13.6 Å². The number of hydrogen-bond donors (Lipinski definition) is 1. The fourth-order valence-corrected chi connectivity index (χ4v) is 3.53. The van der Waals surface area contributed by atoms with Crippen molar-refractivity contribution in [1.82, 2.24) is 24.1 Å². The number of benzene rings is 2. The molecule has 0 aliphatic heterocycles. The minimum Gasteiger partial charge on any atom is -0.352 e. The number of aromatic nitrogens is 4. The number of hydrogen-bond acceptors (Lipinski definition) is 4. The summed E-state index contributed by atoms with van der Waals surface area (Å²) in [4.78, 5) is 38.7. The molecule has 0 aliphatic rings. The average Bonchev–Trinajstić information content (AvgIpc) is 3.04. The molecule has 8 heteroatoms. The number of rotatable bonds is 5. The Morgan fingerprint density at radius 3 is 2.48 bits per heavy atom. The second kappa shape index (κ2) is 7.86. The standard InChI is InChI=1S/C23H25N5O3/c1-14(2)12-24-20(29)17-9-10-18-19(11-17)28-22(25-26(4)23(28)31)27(21(18)30)13-16-7-5-15(3)6-8-16/h5-11,14H,12-13H2,1-4H3,(H,24,29). The van der Waals surface area contributed by atoms with Crippen LogP contribution in [-0.4, -0.2) is 31.2 Å². The van der Waals surface area contributed by atoms with Gasteiger partial charge in [-0.3, -0.25) is 14.2 Å². The van der Waals surface area contributed by atoms with E-state index in [2.05, 4.69) is 10.4 Å². The molecule has 0 bridgehead atoms. The number of nitrogens with zero attached hydrogens (tertiary/aromatic N) is 4. The predicted octanol–water partition coefficient (Wildman–Crippen LogP) is 2.09. The Kier molecular flexibility index (Phi) is 5.22. The monoisotopic (exact) mass is 419 g/mol. The van der Waals surface area contributed by atoms with Crippen molar-refractivity contribution in [2.45, 2.75) is 27.3 Å². The maximum Gasteiger partial charge on any atom is 0.351 e. The molecule has 1 amide bonds. The molecule has 0 spiro atoms. The largest absolute Gasteiger partial charge is 0.352 e. The number of aryl methyl sites for hydroxylation is 2. The van der Waals surface area contributed by atoms with Crippen LogP contribution in [0.15, 0.2) is 52.1 Å². The van der Waals surface area contributed by atoms with Crippen molar-refractivity contribution < 1.29 is 4.79 Å². The summed E-state index contributed by atoms with van der Waals surface area (Å²) in [6.45, 7) is 6.84. The average molecular weight is 419 g/mol. The lowest BCUT2D eigenvalue weighted by Crippen LogP contribution is -2.29. The molecular formula is C23H25N5O3. The van der Waals surface area contributed by atoms with Gasteiger partial charge in [0.25, 0.3) is 11.5 Å². The van der Waals surface area contributed by atoms with Crippen LogP contribution in [0.2, 0.25) is 0 Å². The van der Waals surface area contributed by atoms with Crippen LogP contribution in [0.3, 0.4) is 0 Å². The van der Waals surface area contributed by atoms with Gasteiger partial charge in [0.1, 0.15) is 0 Å². The van der Waals surface area contributed by atoms with Crippen molar-refractivity contribution in [3.05, 3.63) is 80.0 Å². The summed E-state index contributed by atoms with van der Waals surface area (Å²) in [7, 11) is 1.54. The molecule has 31 heavy (non-hydrogen) atoms. The molecular weight excluding hydrogens is 394 g/mol. The molecule has 0 fully saturated rings. The van der Waals surface area contributed by atoms with Crippen LogP contribution < -0.4 is 16.6 Å². The Balaban J connectivity index is 1.92. The number of fused-ring (bicyclic) bond motifs is 3. The van der Waals surface area contributed by atoms with Crippen LogP contribution in [0, 0.1) is 12.8 Å². The van der Waals surface area contributed by atoms with Crippen LogP contribution in [-0.2, 0) is 13.6 Å². The lowest BCUT2D eigenvalue weighted by molar-refractivity contribution is 0.0949. The highest BCUT2D eigenvalue weighted by atomic mass is 16.2. The maximum absolute atomic E-state index is 13.3. The highest BCUT2D eigenvalue weighted by Gasteiger charge is 2.18. The minimum absolute atomic E-state index is 0.241. The fourth-order valence-electron chi connectivity index (χ4n) is 3.53. The highest BCUT2D eigenvalue weighted by molar-refractivity contribution is 5.98. The molecule has 4 rings (SSSR count). The van der Waals surface area contributed by atoms with Gasteiger partial charge in [-0.25, -0.2) is 13.9 Å². The van der Waals surface area contributed by atoms with E-state index in [1.807, 2.05) is 45.0 Å². The van der Waals surface area contributed by atoms with Crippen molar-refractivity contribution in [3.63, 3.8) is 0 Å². The Hall–Kier alpha value is -3.68. The van der Waals surface area contributed by atoms with E-state index in [9.17, 15) is 14.4 Å². The molecule has 0 saturated heterocycles. The second-order valence-electron chi connectivity index (χ2n) is 8.25. The third-order valence-corrected chi connectivity index (χ3v) is 5.26. The number of amides is 1. The third kappa shape index (κ3) is 3.76. The Labute approximate surface area is 178 Å². The molecule has 2 aromatic heterocycles. The van der Waals surface area contributed by atoms with Crippen LogP contribution in [0.4, 0.5) is 0 Å². The van der Waals surface area contributed by atoms with E-state index >= 15 is 0 Å². The maximum atomic E-state index is 13.3. The first-order valence-corrected chi connectivity index (χ1v) is 10.2. The van der Waals surface area contributed by atoms with Crippen LogP contribution in [0.1, 0.15) is 35.3 Å². The second-order valence-corrected chi connectivity index (χ2v) is 8.25. The van der Waals surface area contributed by atoms with Gasteiger partial charge in [0.05, 0.1) is 17.4 Å². The lowest BCUT2D eigenvalue weighted by atomic mass is 10.1. The Morgan fingerprint density at radius 2 is 1.81 bits per heavy atom. The van der Waals surface area contributed by atoms with Crippen molar-refractivity contribution in [1.29, 1.82) is 0 Å². The van der Waals surface area contributed by atoms with Gasteiger partial charge in [-0.1, -0.05) is 43.7 Å². The summed E-state index contributed by atoms with van der Waals surface area (Å²) >= 11 is 0. The third-order valence-electron chi connectivity index (χ3n) is 5.26. The Morgan fingerprint density at radius 1 is 1.10 bits per heavy atom. The summed E-state index contributed by atoms with van der Waals surface area (Å²) in [6, 6.07) is 12.7. The molecule has 0 atom stereocenters. The van der Waals surface area contributed by atoms with Crippen LogP contribution in [0.25, 0.3) is 16.7 Å². The van der Waals surface area contributed by atoms with E-state index in [0.29, 0.717) is 28.9 Å². The molecule has 160 valence electrons. The van der Waals surface area contributed by atoms with E-state index < -0.39 is 0 Å². The summed E-state index contributed by atoms with van der Waals surface area (Å²) in [5.74, 6) is 0.306. The van der Waals surface area contributed by atoms with E-state index in [0.717, 1.165) is 11.1 Å². The van der Waals surface area contributed by atoms with Crippen LogP contribution >= 0.6 is 0 Å². The molecule has 1 N–H and O–H groups in total. The van der Waals surface area contributed by atoms with Crippen molar-refractivity contribution in [3.8, 4) is 0 Å². The molecule has 8 nitrogen and oxygen atoms in total. The number of carbonyl (C=O) groups is 1. The SMILES string of the molecule is Cc1ccc(Cn2c(=O)c3ccc(C(=O)NCC(C)C)cc3n3c(=O)n(C)nc23)cc1.